The summed E-state index contributed by atoms with van der Waals surface area (Å²) in [6.45, 7) is 9.41. The lowest BCUT2D eigenvalue weighted by Crippen LogP contribution is -2.37. The van der Waals surface area contributed by atoms with Crippen molar-refractivity contribution in [1.82, 2.24) is 4.57 Å². The minimum atomic E-state index is 1.23. The Morgan fingerprint density at radius 2 is 0.674 bits per heavy atom. The van der Waals surface area contributed by atoms with Gasteiger partial charge in [0.1, 0.15) is 12.4 Å². The molecule has 0 N–H and O–H groups in total. The molecule has 0 atom stereocenters. The molecule has 0 bridgehead atoms. The molecule has 0 aliphatic rings. The lowest BCUT2D eigenvalue weighted by atomic mass is 10.0. The molecule has 0 fully saturated rings. The second-order valence-corrected chi connectivity index (χ2v) is 15.2. The Morgan fingerprint density at radius 3 is 1.04 bits per heavy atom. The molecule has 0 radical (unpaired) electrons. The Kier molecular flexibility index (Phi) is 33.4. The molecule has 0 aliphatic carbocycles. The van der Waals surface area contributed by atoms with E-state index in [1.165, 1.54) is 244 Å². The smallest absolute Gasteiger partial charge is 0.234 e. The molecule has 2 heteroatoms. The van der Waals surface area contributed by atoms with Crippen molar-refractivity contribution in [1.29, 1.82) is 0 Å². The highest BCUT2D eigenvalue weighted by molar-refractivity contribution is 4.84. The molecule has 0 amide bonds. The van der Waals surface area contributed by atoms with E-state index in [0.29, 0.717) is 0 Å². The zero-order chi connectivity index (χ0) is 33.0. The summed E-state index contributed by atoms with van der Waals surface area (Å²) in [5.41, 5.74) is 0. The molecular formula is C44H87N2+. The number of hydrogen-bond acceptors (Lipinski definition) is 0. The third-order valence-electron chi connectivity index (χ3n) is 10.6. The van der Waals surface area contributed by atoms with Crippen LogP contribution >= 0.6 is 0 Å². The van der Waals surface area contributed by atoms with Crippen LogP contribution in [-0.4, -0.2) is 4.57 Å². The van der Waals surface area contributed by atoms with Gasteiger partial charge in [-0.05, 0) is 32.1 Å². The Bertz CT molecular complexity index is 707. The van der Waals surface area contributed by atoms with Crippen molar-refractivity contribution in [2.45, 2.75) is 265 Å². The first-order valence-electron chi connectivity index (χ1n) is 21.9. The van der Waals surface area contributed by atoms with Crippen LogP contribution in [0.3, 0.4) is 0 Å². The maximum absolute atomic E-state index is 2.65. The van der Waals surface area contributed by atoms with E-state index in [0.717, 1.165) is 0 Å². The van der Waals surface area contributed by atoms with Crippen molar-refractivity contribution in [2.75, 3.05) is 0 Å². The lowest BCUT2D eigenvalue weighted by Gasteiger charge is -2.07. The fourth-order valence-electron chi connectivity index (χ4n) is 7.39. The summed E-state index contributed by atoms with van der Waals surface area (Å²) in [5, 5.41) is 0. The van der Waals surface area contributed by atoms with Crippen LogP contribution in [0.2, 0.25) is 0 Å². The van der Waals surface area contributed by atoms with E-state index in [2.05, 4.69) is 42.3 Å². The van der Waals surface area contributed by atoms with E-state index in [1.807, 2.05) is 0 Å². The predicted octanol–water partition coefficient (Wildman–Crippen LogP) is 15.0. The van der Waals surface area contributed by atoms with Crippen molar-refractivity contribution in [3.63, 3.8) is 0 Å². The Labute approximate surface area is 291 Å². The van der Waals surface area contributed by atoms with E-state index in [9.17, 15) is 0 Å². The number of imidazole rings is 1. The quantitative estimate of drug-likeness (QED) is 0.0501. The highest BCUT2D eigenvalue weighted by Gasteiger charge is 2.16. The van der Waals surface area contributed by atoms with Gasteiger partial charge in [0, 0.05) is 6.42 Å². The van der Waals surface area contributed by atoms with Crippen LogP contribution < -0.4 is 4.57 Å². The average molecular weight is 644 g/mol. The molecule has 0 aliphatic heterocycles. The van der Waals surface area contributed by atoms with Crippen molar-refractivity contribution < 1.29 is 4.57 Å². The SMILES string of the molecule is CCCCCCCCCCCCCCCc1n(CCCCCCCCCCC)cc[n+]1CCCCCCCCCCCCCCC. The number of unbranched alkanes of at least 4 members (excludes halogenated alkanes) is 32. The maximum Gasteiger partial charge on any atom is 0.256 e. The first kappa shape index (κ1) is 43.2. The van der Waals surface area contributed by atoms with Gasteiger partial charge in [0.05, 0.1) is 13.1 Å². The number of aromatic nitrogens is 2. The van der Waals surface area contributed by atoms with Crippen molar-refractivity contribution in [3.05, 3.63) is 18.2 Å². The summed E-state index contributed by atoms with van der Waals surface area (Å²) >= 11 is 0. The van der Waals surface area contributed by atoms with E-state index in [-0.39, 0.29) is 0 Å². The summed E-state index contributed by atoms with van der Waals surface area (Å²) in [5.74, 6) is 1.63. The molecular weight excluding hydrogens is 556 g/mol. The lowest BCUT2D eigenvalue weighted by molar-refractivity contribution is -0.704. The molecule has 1 aromatic rings. The topological polar surface area (TPSA) is 8.81 Å². The molecule has 0 saturated carbocycles. The molecule has 0 unspecified atom stereocenters. The van der Waals surface area contributed by atoms with Gasteiger partial charge in [-0.3, -0.25) is 0 Å². The third-order valence-corrected chi connectivity index (χ3v) is 10.6. The highest BCUT2D eigenvalue weighted by atomic mass is 15.1. The molecule has 1 rings (SSSR count). The largest absolute Gasteiger partial charge is 0.256 e. The highest BCUT2D eigenvalue weighted by Crippen LogP contribution is 2.16. The maximum atomic E-state index is 2.65. The molecule has 46 heavy (non-hydrogen) atoms. The van der Waals surface area contributed by atoms with E-state index >= 15 is 0 Å². The van der Waals surface area contributed by atoms with Gasteiger partial charge in [-0.2, -0.15) is 0 Å². The predicted molar refractivity (Wildman–Crippen MR) is 207 cm³/mol. The molecule has 0 saturated heterocycles. The van der Waals surface area contributed by atoms with Crippen LogP contribution in [0.1, 0.15) is 251 Å². The summed E-state index contributed by atoms with van der Waals surface area (Å²) < 4.78 is 5.29. The van der Waals surface area contributed by atoms with Gasteiger partial charge >= 0.3 is 0 Å². The Balaban J connectivity index is 2.28. The molecule has 1 aromatic heterocycles. The number of rotatable bonds is 38. The number of hydrogen-bond donors (Lipinski definition) is 0. The summed E-state index contributed by atoms with van der Waals surface area (Å²) in [6.07, 6.45) is 56.3. The standard InChI is InChI=1S/C44H87N2/c1-4-7-10-13-16-19-21-23-25-27-30-33-36-39-44-45(40-37-34-31-28-18-15-12-9-6-3)42-43-46(44)41-38-35-32-29-26-24-22-20-17-14-11-8-5-2/h42-43H,4-41H2,1-3H3/q+1. The van der Waals surface area contributed by atoms with Gasteiger partial charge in [-0.1, -0.05) is 213 Å². The monoisotopic (exact) mass is 644 g/mol. The van der Waals surface area contributed by atoms with Gasteiger partial charge in [-0.25, -0.2) is 9.13 Å². The molecule has 2 nitrogen and oxygen atoms in total. The zero-order valence-electron chi connectivity index (χ0n) is 32.4. The van der Waals surface area contributed by atoms with Gasteiger partial charge in [0.2, 0.25) is 0 Å². The molecule has 272 valence electrons. The van der Waals surface area contributed by atoms with Crippen LogP contribution in [0.5, 0.6) is 0 Å². The van der Waals surface area contributed by atoms with Gasteiger partial charge in [0.15, 0.2) is 0 Å². The minimum Gasteiger partial charge on any atom is -0.234 e. The van der Waals surface area contributed by atoms with Crippen molar-refractivity contribution in [3.8, 4) is 0 Å². The fourth-order valence-corrected chi connectivity index (χ4v) is 7.39. The first-order valence-corrected chi connectivity index (χ1v) is 21.9. The van der Waals surface area contributed by atoms with Crippen LogP contribution in [0.15, 0.2) is 12.4 Å². The molecule has 0 aromatic carbocycles. The summed E-state index contributed by atoms with van der Waals surface area (Å²) in [4.78, 5) is 0. The number of aryl methyl sites for hydroxylation is 2. The number of nitrogens with zero attached hydrogens (tertiary/aromatic N) is 2. The van der Waals surface area contributed by atoms with Gasteiger partial charge in [-0.15, -0.1) is 0 Å². The van der Waals surface area contributed by atoms with Crippen LogP contribution in [0.4, 0.5) is 0 Å². The second-order valence-electron chi connectivity index (χ2n) is 15.2. The second kappa shape index (κ2) is 35.5. The Morgan fingerprint density at radius 1 is 0.370 bits per heavy atom. The summed E-state index contributed by atoms with van der Waals surface area (Å²) in [6, 6.07) is 0. The minimum absolute atomic E-state index is 1.23. The van der Waals surface area contributed by atoms with Gasteiger partial charge < -0.3 is 0 Å². The van der Waals surface area contributed by atoms with Crippen molar-refractivity contribution in [2.24, 2.45) is 0 Å². The average Bonchev–Trinajstić information content (AvgIpc) is 3.45. The molecule has 1 heterocycles. The van der Waals surface area contributed by atoms with E-state index in [1.54, 1.807) is 5.82 Å². The van der Waals surface area contributed by atoms with Crippen LogP contribution in [0.25, 0.3) is 0 Å². The van der Waals surface area contributed by atoms with Crippen molar-refractivity contribution >= 4 is 0 Å². The van der Waals surface area contributed by atoms with E-state index < -0.39 is 0 Å². The fraction of sp³-hybridized carbons (Fsp3) is 0.932. The Hall–Kier alpha value is -0.790. The summed E-state index contributed by atoms with van der Waals surface area (Å²) in [7, 11) is 0. The zero-order valence-corrected chi connectivity index (χ0v) is 32.4. The normalized spacial score (nSPS) is 11.6. The first-order chi connectivity index (χ1) is 22.8. The van der Waals surface area contributed by atoms with Crippen LogP contribution in [-0.2, 0) is 19.5 Å². The molecule has 0 spiro atoms. The van der Waals surface area contributed by atoms with Crippen LogP contribution in [0, 0.1) is 0 Å². The third kappa shape index (κ3) is 27.2. The van der Waals surface area contributed by atoms with Gasteiger partial charge in [0.25, 0.3) is 5.82 Å². The van der Waals surface area contributed by atoms with E-state index in [4.69, 9.17) is 0 Å².